The highest BCUT2D eigenvalue weighted by molar-refractivity contribution is 5.76. The summed E-state index contributed by atoms with van der Waals surface area (Å²) in [6.45, 7) is 2.79. The summed E-state index contributed by atoms with van der Waals surface area (Å²) >= 11 is 0. The van der Waals surface area contributed by atoms with Gasteiger partial charge in [0, 0.05) is 6.42 Å². The molecule has 0 aromatic rings. The van der Waals surface area contributed by atoms with Gasteiger partial charge in [0.25, 0.3) is 0 Å². The smallest absolute Gasteiger partial charge is 0.220 e. The van der Waals surface area contributed by atoms with Crippen molar-refractivity contribution < 1.29 is 64.6 Å². The van der Waals surface area contributed by atoms with E-state index in [1.54, 1.807) is 6.08 Å². The Labute approximate surface area is 449 Å². The Bertz CT molecular complexity index is 1380. The van der Waals surface area contributed by atoms with Crippen LogP contribution in [0, 0.1) is 0 Å². The Morgan fingerprint density at radius 3 is 1.38 bits per heavy atom. The van der Waals surface area contributed by atoms with Crippen molar-refractivity contribution in [1.29, 1.82) is 0 Å². The Balaban J connectivity index is 1.77. The second kappa shape index (κ2) is 46.2. The fraction of sp³-hybridized carbons (Fsp3) is 0.883. The van der Waals surface area contributed by atoms with Crippen LogP contribution in [0.3, 0.4) is 0 Å². The Morgan fingerprint density at radius 1 is 0.486 bits per heavy atom. The van der Waals surface area contributed by atoms with E-state index < -0.39 is 86.8 Å². The van der Waals surface area contributed by atoms with E-state index in [2.05, 4.69) is 43.5 Å². The van der Waals surface area contributed by atoms with Crippen LogP contribution in [0.4, 0.5) is 0 Å². The Kier molecular flexibility index (Phi) is 42.6. The molecule has 2 aliphatic heterocycles. The van der Waals surface area contributed by atoms with Gasteiger partial charge in [0.2, 0.25) is 5.91 Å². The molecule has 14 heteroatoms. The maximum atomic E-state index is 13.3. The second-order valence-electron chi connectivity index (χ2n) is 21.5. The highest BCUT2D eigenvalue weighted by Crippen LogP contribution is 2.30. The zero-order chi connectivity index (χ0) is 53.9. The third-order valence-corrected chi connectivity index (χ3v) is 14.8. The minimum atomic E-state index is -1.79. The molecule has 0 aromatic heterocycles. The van der Waals surface area contributed by atoms with Gasteiger partial charge in [-0.2, -0.15) is 0 Å². The number of ether oxygens (including phenoxy) is 4. The maximum Gasteiger partial charge on any atom is 0.220 e. The number of hydrogen-bond acceptors (Lipinski definition) is 13. The quantitative estimate of drug-likeness (QED) is 0.0204. The normalized spacial score (nSPS) is 25.4. The molecule has 0 aliphatic carbocycles. The summed E-state index contributed by atoms with van der Waals surface area (Å²) in [5.41, 5.74) is 0. The van der Waals surface area contributed by atoms with Crippen LogP contribution >= 0.6 is 0 Å². The molecule has 0 radical (unpaired) electrons. The first-order chi connectivity index (χ1) is 36.1. The molecule has 434 valence electrons. The lowest BCUT2D eigenvalue weighted by Gasteiger charge is -2.46. The summed E-state index contributed by atoms with van der Waals surface area (Å²) in [5.74, 6) is -0.242. The van der Waals surface area contributed by atoms with E-state index in [0.717, 1.165) is 51.4 Å². The molecule has 14 nitrogen and oxygen atoms in total. The van der Waals surface area contributed by atoms with Crippen molar-refractivity contribution in [3.05, 3.63) is 36.5 Å². The second-order valence-corrected chi connectivity index (χ2v) is 21.5. The lowest BCUT2D eigenvalue weighted by Crippen LogP contribution is -2.65. The van der Waals surface area contributed by atoms with Crippen LogP contribution in [-0.2, 0) is 23.7 Å². The number of unbranched alkanes of at least 4 members (excludes halogenated alkanes) is 31. The number of rotatable bonds is 48. The van der Waals surface area contributed by atoms with Crippen molar-refractivity contribution in [2.45, 2.75) is 319 Å². The minimum absolute atomic E-state index is 0.242. The van der Waals surface area contributed by atoms with Gasteiger partial charge in [0.15, 0.2) is 12.6 Å². The fourth-order valence-electron chi connectivity index (χ4n) is 9.91. The van der Waals surface area contributed by atoms with E-state index in [9.17, 15) is 45.6 Å². The average Bonchev–Trinajstić information content (AvgIpc) is 3.40. The molecule has 0 saturated carbocycles. The summed E-state index contributed by atoms with van der Waals surface area (Å²) < 4.78 is 22.8. The summed E-state index contributed by atoms with van der Waals surface area (Å²) in [6, 6.07) is -0.917. The zero-order valence-electron chi connectivity index (χ0n) is 46.6. The number of aliphatic hydroxyl groups is 8. The van der Waals surface area contributed by atoms with E-state index in [1.165, 1.54) is 167 Å². The van der Waals surface area contributed by atoms with Crippen molar-refractivity contribution in [3.8, 4) is 0 Å². The van der Waals surface area contributed by atoms with Gasteiger partial charge < -0.3 is 65.1 Å². The topological polar surface area (TPSA) is 228 Å². The lowest BCUT2D eigenvalue weighted by atomic mass is 9.97. The predicted molar refractivity (Wildman–Crippen MR) is 295 cm³/mol. The number of carbonyl (C=O) groups excluding carboxylic acids is 1. The van der Waals surface area contributed by atoms with E-state index in [1.807, 2.05) is 6.08 Å². The third-order valence-electron chi connectivity index (χ3n) is 14.8. The van der Waals surface area contributed by atoms with Crippen molar-refractivity contribution in [2.24, 2.45) is 0 Å². The first-order valence-electron chi connectivity index (χ1n) is 30.2. The van der Waals surface area contributed by atoms with Gasteiger partial charge in [0.1, 0.15) is 48.8 Å². The molecule has 2 heterocycles. The molecule has 12 unspecified atom stereocenters. The number of aliphatic hydroxyl groups excluding tert-OH is 8. The molecule has 1 amide bonds. The van der Waals surface area contributed by atoms with E-state index in [4.69, 9.17) is 18.9 Å². The van der Waals surface area contributed by atoms with Crippen molar-refractivity contribution in [3.63, 3.8) is 0 Å². The molecule has 0 bridgehead atoms. The average molecular weight is 1050 g/mol. The standard InChI is InChI=1S/C60H111NO13/c1-3-5-7-9-11-13-15-17-19-21-23-24-26-27-29-31-33-35-37-39-41-43-49(64)48(61-52(65)44-42-40-38-36-34-32-30-28-25-22-20-18-16-14-12-10-8-6-4-2)47-71-59-57(70)55(68)58(51(46-63)73-59)74-60-56(69)54(67)53(66)50(45-62)72-60/h12,14,18,20,41,43,48-51,53-60,62-64,66-70H,3-11,13,15-17,19,21-40,42,44-47H2,1-2H3,(H,61,65)/b14-12-,20-18-,43-41+. The Morgan fingerprint density at radius 2 is 0.892 bits per heavy atom. The Hall–Kier alpha value is -1.79. The molecule has 9 N–H and O–H groups in total. The summed E-state index contributed by atoms with van der Waals surface area (Å²) in [5, 5.41) is 87.1. The molecular weight excluding hydrogens is 943 g/mol. The van der Waals surface area contributed by atoms with Crippen molar-refractivity contribution >= 4 is 5.91 Å². The van der Waals surface area contributed by atoms with Crippen LogP contribution in [0.5, 0.6) is 0 Å². The van der Waals surface area contributed by atoms with Gasteiger partial charge in [-0.1, -0.05) is 224 Å². The van der Waals surface area contributed by atoms with Gasteiger partial charge >= 0.3 is 0 Å². The number of nitrogens with one attached hydrogen (secondary N) is 1. The monoisotopic (exact) mass is 1050 g/mol. The highest BCUT2D eigenvalue weighted by atomic mass is 16.7. The zero-order valence-corrected chi connectivity index (χ0v) is 46.6. The first-order valence-corrected chi connectivity index (χ1v) is 30.2. The van der Waals surface area contributed by atoms with Crippen LogP contribution in [0.25, 0.3) is 0 Å². The van der Waals surface area contributed by atoms with Crippen LogP contribution < -0.4 is 5.32 Å². The van der Waals surface area contributed by atoms with E-state index in [0.29, 0.717) is 6.42 Å². The number of allylic oxidation sites excluding steroid dienone is 5. The van der Waals surface area contributed by atoms with Gasteiger partial charge in [0.05, 0.1) is 32.0 Å². The first kappa shape index (κ1) is 68.3. The van der Waals surface area contributed by atoms with E-state index >= 15 is 0 Å². The number of carbonyl (C=O) groups is 1. The third kappa shape index (κ3) is 31.6. The van der Waals surface area contributed by atoms with Gasteiger partial charge in [-0.3, -0.25) is 4.79 Å². The largest absolute Gasteiger partial charge is 0.394 e. The van der Waals surface area contributed by atoms with Gasteiger partial charge in [-0.25, -0.2) is 0 Å². The van der Waals surface area contributed by atoms with E-state index in [-0.39, 0.29) is 18.9 Å². The van der Waals surface area contributed by atoms with Crippen LogP contribution in [0.2, 0.25) is 0 Å². The number of amides is 1. The minimum Gasteiger partial charge on any atom is -0.394 e. The molecule has 0 aromatic carbocycles. The molecule has 0 spiro atoms. The predicted octanol–water partition coefficient (Wildman–Crippen LogP) is 10.2. The fourth-order valence-corrected chi connectivity index (χ4v) is 9.91. The molecule has 2 saturated heterocycles. The molecule has 2 fully saturated rings. The SMILES string of the molecule is CCCCC/C=C\C/C=C\CCCCCCCCCCCC(=O)NC(COC1OC(CO)C(OC2OC(CO)C(O)C(O)C2O)C(O)C1O)C(O)/C=C/CCCCCCCCCCCCCCCCCCCCC. The summed E-state index contributed by atoms with van der Waals surface area (Å²) in [7, 11) is 0. The molecule has 12 atom stereocenters. The molecule has 2 aliphatic rings. The molecular formula is C60H111NO13. The number of hydrogen-bond donors (Lipinski definition) is 9. The van der Waals surface area contributed by atoms with Crippen LogP contribution in [-0.4, -0.2) is 140 Å². The van der Waals surface area contributed by atoms with Crippen molar-refractivity contribution in [1.82, 2.24) is 5.32 Å². The van der Waals surface area contributed by atoms with Crippen LogP contribution in [0.15, 0.2) is 36.5 Å². The highest BCUT2D eigenvalue weighted by Gasteiger charge is 2.51. The summed E-state index contributed by atoms with van der Waals surface area (Å²) in [4.78, 5) is 13.3. The van der Waals surface area contributed by atoms with Gasteiger partial charge in [-0.15, -0.1) is 0 Å². The molecule has 74 heavy (non-hydrogen) atoms. The summed E-state index contributed by atoms with van der Waals surface area (Å²) in [6.07, 6.45) is 38.9. The lowest BCUT2D eigenvalue weighted by molar-refractivity contribution is -0.359. The maximum absolute atomic E-state index is 13.3. The van der Waals surface area contributed by atoms with Gasteiger partial charge in [-0.05, 0) is 51.4 Å². The van der Waals surface area contributed by atoms with Crippen LogP contribution in [0.1, 0.15) is 245 Å². The van der Waals surface area contributed by atoms with Crippen molar-refractivity contribution in [2.75, 3.05) is 19.8 Å². The molecule has 2 rings (SSSR count).